The first kappa shape index (κ1) is 17.9. The van der Waals surface area contributed by atoms with Gasteiger partial charge in [0.05, 0.1) is 30.3 Å². The number of ether oxygens (including phenoxy) is 1. The van der Waals surface area contributed by atoms with Crippen molar-refractivity contribution in [3.05, 3.63) is 52.0 Å². The molecule has 0 saturated carbocycles. The Hall–Kier alpha value is -2.87. The Morgan fingerprint density at radius 2 is 2.04 bits per heavy atom. The van der Waals surface area contributed by atoms with Gasteiger partial charge in [0.25, 0.3) is 11.6 Å². The zero-order valence-corrected chi connectivity index (χ0v) is 14.6. The van der Waals surface area contributed by atoms with Gasteiger partial charge in [0.2, 0.25) is 0 Å². The van der Waals surface area contributed by atoms with Gasteiger partial charge in [-0.05, 0) is 44.1 Å². The highest BCUT2D eigenvalue weighted by Gasteiger charge is 2.18. The number of carbonyl (C=O) groups excluding carboxylic acids is 1. The summed E-state index contributed by atoms with van der Waals surface area (Å²) in [6.07, 6.45) is 3.64. The molecule has 0 spiro atoms. The van der Waals surface area contributed by atoms with E-state index in [0.29, 0.717) is 12.2 Å². The second-order valence-electron chi connectivity index (χ2n) is 6.20. The summed E-state index contributed by atoms with van der Waals surface area (Å²) in [5.74, 6) is 0.722. The van der Waals surface area contributed by atoms with Gasteiger partial charge in [0.1, 0.15) is 11.5 Å². The van der Waals surface area contributed by atoms with Crippen LogP contribution in [-0.4, -0.2) is 35.9 Å². The molecular formula is C18H21N3O5. The van der Waals surface area contributed by atoms with Crippen molar-refractivity contribution in [3.8, 4) is 5.75 Å². The van der Waals surface area contributed by atoms with Crippen LogP contribution < -0.4 is 10.1 Å². The Kier molecular flexibility index (Phi) is 5.52. The zero-order chi connectivity index (χ0) is 18.5. The average molecular weight is 359 g/mol. The fourth-order valence-electron chi connectivity index (χ4n) is 3.00. The van der Waals surface area contributed by atoms with Crippen molar-refractivity contribution in [3.63, 3.8) is 0 Å². The third-order valence-electron chi connectivity index (χ3n) is 4.36. The summed E-state index contributed by atoms with van der Waals surface area (Å²) in [6.45, 7) is 2.78. The second kappa shape index (κ2) is 8.01. The molecule has 1 aliphatic rings. The van der Waals surface area contributed by atoms with E-state index in [0.717, 1.165) is 18.8 Å². The van der Waals surface area contributed by atoms with Crippen LogP contribution in [0.3, 0.4) is 0 Å². The number of hydrogen-bond acceptors (Lipinski definition) is 6. The number of nitro groups is 1. The summed E-state index contributed by atoms with van der Waals surface area (Å²) in [6, 6.07) is 7.44. The van der Waals surface area contributed by atoms with Crippen LogP contribution in [0.2, 0.25) is 0 Å². The smallest absolute Gasteiger partial charge is 0.291 e. The van der Waals surface area contributed by atoms with Crippen LogP contribution in [0.15, 0.2) is 34.7 Å². The standard InChI is InChI=1S/C18H21N3O5/c1-25-17-11-13(21(23)24)5-7-15(17)19-18(22)16-8-6-14(26-16)12-20-9-3-2-4-10-20/h5-8,11H,2-4,9-10,12H2,1H3,(H,19,22). The Bertz CT molecular complexity index is 796. The number of carbonyl (C=O) groups is 1. The quantitative estimate of drug-likeness (QED) is 0.627. The summed E-state index contributed by atoms with van der Waals surface area (Å²) in [5.41, 5.74) is 0.235. The number of rotatable bonds is 6. The molecule has 1 aromatic heterocycles. The third-order valence-corrected chi connectivity index (χ3v) is 4.36. The molecular weight excluding hydrogens is 338 g/mol. The third kappa shape index (κ3) is 4.20. The first-order valence-electron chi connectivity index (χ1n) is 8.51. The van der Waals surface area contributed by atoms with Gasteiger partial charge in [-0.25, -0.2) is 0 Å². The highest BCUT2D eigenvalue weighted by Crippen LogP contribution is 2.29. The minimum Gasteiger partial charge on any atom is -0.494 e. The van der Waals surface area contributed by atoms with E-state index in [-0.39, 0.29) is 17.2 Å². The monoisotopic (exact) mass is 359 g/mol. The van der Waals surface area contributed by atoms with Gasteiger partial charge in [-0.3, -0.25) is 19.8 Å². The second-order valence-corrected chi connectivity index (χ2v) is 6.20. The molecule has 8 heteroatoms. The molecule has 1 amide bonds. The first-order valence-corrected chi connectivity index (χ1v) is 8.51. The fraction of sp³-hybridized carbons (Fsp3) is 0.389. The molecule has 0 atom stereocenters. The van der Waals surface area contributed by atoms with Gasteiger partial charge in [-0.1, -0.05) is 6.42 Å². The molecule has 3 rings (SSSR count). The fourth-order valence-corrected chi connectivity index (χ4v) is 3.00. The molecule has 138 valence electrons. The molecule has 1 aromatic carbocycles. The largest absolute Gasteiger partial charge is 0.494 e. The van der Waals surface area contributed by atoms with Crippen LogP contribution in [0, 0.1) is 10.1 Å². The summed E-state index contributed by atoms with van der Waals surface area (Å²) >= 11 is 0. The number of benzene rings is 1. The molecule has 1 fully saturated rings. The number of nitro benzene ring substituents is 1. The zero-order valence-electron chi connectivity index (χ0n) is 14.6. The first-order chi connectivity index (χ1) is 12.6. The Balaban J connectivity index is 1.67. The predicted molar refractivity (Wildman–Crippen MR) is 95.4 cm³/mol. The van der Waals surface area contributed by atoms with Crippen LogP contribution in [0.1, 0.15) is 35.6 Å². The molecule has 2 heterocycles. The molecule has 26 heavy (non-hydrogen) atoms. The van der Waals surface area contributed by atoms with Crippen molar-refractivity contribution in [2.75, 3.05) is 25.5 Å². The normalized spacial score (nSPS) is 14.8. The van der Waals surface area contributed by atoms with Gasteiger partial charge in [0, 0.05) is 6.07 Å². The summed E-state index contributed by atoms with van der Waals surface area (Å²) in [4.78, 5) is 25.0. The van der Waals surface area contributed by atoms with Crippen molar-refractivity contribution in [1.82, 2.24) is 4.90 Å². The topological polar surface area (TPSA) is 97.8 Å². The molecule has 0 radical (unpaired) electrons. The lowest BCUT2D eigenvalue weighted by atomic mass is 10.1. The van der Waals surface area contributed by atoms with Crippen LogP contribution in [0.25, 0.3) is 0 Å². The minimum absolute atomic E-state index is 0.110. The van der Waals surface area contributed by atoms with Gasteiger partial charge in [0.15, 0.2) is 5.76 Å². The predicted octanol–water partition coefficient (Wildman–Crippen LogP) is 3.43. The average Bonchev–Trinajstić information content (AvgIpc) is 3.11. The van der Waals surface area contributed by atoms with Crippen LogP contribution >= 0.6 is 0 Å². The summed E-state index contributed by atoms with van der Waals surface area (Å²) in [5, 5.41) is 13.5. The number of non-ortho nitro benzene ring substituents is 1. The highest BCUT2D eigenvalue weighted by molar-refractivity contribution is 6.03. The maximum atomic E-state index is 12.4. The van der Waals surface area contributed by atoms with E-state index in [4.69, 9.17) is 9.15 Å². The number of anilines is 1. The Labute approximate surface area is 150 Å². The number of amides is 1. The molecule has 1 saturated heterocycles. The van der Waals surface area contributed by atoms with Gasteiger partial charge in [-0.15, -0.1) is 0 Å². The lowest BCUT2D eigenvalue weighted by Gasteiger charge is -2.25. The van der Waals surface area contributed by atoms with E-state index in [1.165, 1.54) is 44.6 Å². The molecule has 1 N–H and O–H groups in total. The van der Waals surface area contributed by atoms with Crippen molar-refractivity contribution in [2.45, 2.75) is 25.8 Å². The number of nitrogens with one attached hydrogen (secondary N) is 1. The number of furan rings is 1. The van der Waals surface area contributed by atoms with E-state index in [9.17, 15) is 14.9 Å². The number of nitrogens with zero attached hydrogens (tertiary/aromatic N) is 2. The number of methoxy groups -OCH3 is 1. The van der Waals surface area contributed by atoms with Gasteiger partial charge in [-0.2, -0.15) is 0 Å². The van der Waals surface area contributed by atoms with Crippen molar-refractivity contribution in [1.29, 1.82) is 0 Å². The molecule has 0 aliphatic carbocycles. The van der Waals surface area contributed by atoms with Crippen LogP contribution in [0.4, 0.5) is 11.4 Å². The Morgan fingerprint density at radius 3 is 2.73 bits per heavy atom. The van der Waals surface area contributed by atoms with E-state index in [2.05, 4.69) is 10.2 Å². The van der Waals surface area contributed by atoms with Crippen LogP contribution in [0.5, 0.6) is 5.75 Å². The molecule has 0 unspecified atom stereocenters. The molecule has 2 aromatic rings. The van der Waals surface area contributed by atoms with E-state index >= 15 is 0 Å². The van der Waals surface area contributed by atoms with Crippen molar-refractivity contribution < 1.29 is 18.9 Å². The minimum atomic E-state index is -0.520. The lowest BCUT2D eigenvalue weighted by Crippen LogP contribution is -2.28. The van der Waals surface area contributed by atoms with Gasteiger partial charge >= 0.3 is 0 Å². The number of likely N-dealkylation sites (tertiary alicyclic amines) is 1. The van der Waals surface area contributed by atoms with Crippen molar-refractivity contribution in [2.24, 2.45) is 0 Å². The van der Waals surface area contributed by atoms with E-state index < -0.39 is 10.8 Å². The molecule has 1 aliphatic heterocycles. The number of piperidine rings is 1. The molecule has 0 bridgehead atoms. The van der Waals surface area contributed by atoms with Gasteiger partial charge < -0.3 is 14.5 Å². The van der Waals surface area contributed by atoms with E-state index in [1.807, 2.05) is 0 Å². The van der Waals surface area contributed by atoms with Crippen LogP contribution in [-0.2, 0) is 6.54 Å². The van der Waals surface area contributed by atoms with Crippen molar-refractivity contribution >= 4 is 17.3 Å². The summed E-state index contributed by atoms with van der Waals surface area (Å²) in [7, 11) is 1.39. The lowest BCUT2D eigenvalue weighted by molar-refractivity contribution is -0.384. The van der Waals surface area contributed by atoms with E-state index in [1.54, 1.807) is 12.1 Å². The SMILES string of the molecule is COc1cc([N+](=O)[O-])ccc1NC(=O)c1ccc(CN2CCCCC2)o1. The number of hydrogen-bond donors (Lipinski definition) is 1. The molecule has 8 nitrogen and oxygen atoms in total. The highest BCUT2D eigenvalue weighted by atomic mass is 16.6. The maximum Gasteiger partial charge on any atom is 0.291 e. The maximum absolute atomic E-state index is 12.4. The summed E-state index contributed by atoms with van der Waals surface area (Å²) < 4.78 is 10.8. The Morgan fingerprint density at radius 1 is 1.27 bits per heavy atom.